The quantitative estimate of drug-likeness (QED) is 0.891. The Bertz CT molecular complexity index is 553. The van der Waals surface area contributed by atoms with Crippen LogP contribution in [-0.4, -0.2) is 32.6 Å². The molecule has 2 N–H and O–H groups in total. The van der Waals surface area contributed by atoms with Gasteiger partial charge in [-0.25, -0.2) is 8.42 Å². The molecule has 1 aliphatic rings. The molecule has 1 heterocycles. The first-order valence-electron chi connectivity index (χ1n) is 5.96. The first kappa shape index (κ1) is 13.4. The molecule has 1 atom stereocenters. The van der Waals surface area contributed by atoms with Crippen LogP contribution in [0, 0.1) is 6.92 Å². The highest BCUT2D eigenvalue weighted by Crippen LogP contribution is 2.29. The summed E-state index contributed by atoms with van der Waals surface area (Å²) < 4.78 is 28.4. The van der Waals surface area contributed by atoms with E-state index in [1.165, 1.54) is 0 Å². The second kappa shape index (κ2) is 4.55. The summed E-state index contributed by atoms with van der Waals surface area (Å²) in [7, 11) is -1.36. The lowest BCUT2D eigenvalue weighted by atomic mass is 9.90. The van der Waals surface area contributed by atoms with Gasteiger partial charge >= 0.3 is 0 Å². The minimum Gasteiger partial charge on any atom is -0.496 e. The predicted octanol–water partition coefficient (Wildman–Crippen LogP) is 1.06. The van der Waals surface area contributed by atoms with Gasteiger partial charge in [-0.3, -0.25) is 0 Å². The van der Waals surface area contributed by atoms with Crippen molar-refractivity contribution in [1.82, 2.24) is 0 Å². The van der Waals surface area contributed by atoms with E-state index in [1.54, 1.807) is 7.11 Å². The highest BCUT2D eigenvalue weighted by atomic mass is 32.2. The lowest BCUT2D eigenvalue weighted by molar-refractivity contribution is 0.398. The molecule has 1 unspecified atom stereocenters. The summed E-state index contributed by atoms with van der Waals surface area (Å²) in [5.41, 5.74) is 7.66. The molecule has 2 rings (SSSR count). The Labute approximate surface area is 108 Å². The number of rotatable bonds is 3. The summed E-state index contributed by atoms with van der Waals surface area (Å²) in [4.78, 5) is 0. The lowest BCUT2D eigenvalue weighted by Gasteiger charge is -2.23. The summed E-state index contributed by atoms with van der Waals surface area (Å²) in [6, 6.07) is 5.88. The molecular formula is C13H19NO3S. The van der Waals surface area contributed by atoms with Crippen molar-refractivity contribution in [3.63, 3.8) is 0 Å². The van der Waals surface area contributed by atoms with E-state index in [-0.39, 0.29) is 11.5 Å². The van der Waals surface area contributed by atoms with Crippen LogP contribution in [0.4, 0.5) is 0 Å². The molecule has 100 valence electrons. The molecule has 0 radical (unpaired) electrons. The highest BCUT2D eigenvalue weighted by Gasteiger charge is 2.39. The molecule has 0 bridgehead atoms. The maximum atomic E-state index is 11.5. The summed E-state index contributed by atoms with van der Waals surface area (Å²) in [6.07, 6.45) is 1.06. The van der Waals surface area contributed by atoms with Crippen molar-refractivity contribution in [2.75, 3.05) is 18.6 Å². The van der Waals surface area contributed by atoms with Crippen LogP contribution >= 0.6 is 0 Å². The topological polar surface area (TPSA) is 69.4 Å². The molecule has 0 aromatic heterocycles. The Hall–Kier alpha value is -1.07. The first-order valence-corrected chi connectivity index (χ1v) is 7.79. The van der Waals surface area contributed by atoms with Crippen LogP contribution < -0.4 is 10.5 Å². The maximum absolute atomic E-state index is 11.5. The van der Waals surface area contributed by atoms with Gasteiger partial charge in [0.15, 0.2) is 9.84 Å². The average Bonchev–Trinajstić information content (AvgIpc) is 2.53. The second-order valence-corrected chi connectivity index (χ2v) is 7.38. The minimum atomic E-state index is -2.97. The monoisotopic (exact) mass is 269 g/mol. The second-order valence-electron chi connectivity index (χ2n) is 5.20. The first-order chi connectivity index (χ1) is 8.34. The average molecular weight is 269 g/mol. The molecule has 1 saturated heterocycles. The molecule has 0 saturated carbocycles. The molecule has 0 spiro atoms. The molecule has 5 heteroatoms. The molecule has 1 aliphatic heterocycles. The van der Waals surface area contributed by atoms with Crippen LogP contribution in [0.15, 0.2) is 18.2 Å². The molecule has 0 amide bonds. The van der Waals surface area contributed by atoms with Crippen LogP contribution in [0.1, 0.15) is 17.5 Å². The number of methoxy groups -OCH3 is 1. The number of sulfone groups is 1. The van der Waals surface area contributed by atoms with Crippen LogP contribution in [-0.2, 0) is 16.3 Å². The summed E-state index contributed by atoms with van der Waals surface area (Å²) in [5, 5.41) is 0. The van der Waals surface area contributed by atoms with Gasteiger partial charge in [-0.15, -0.1) is 0 Å². The van der Waals surface area contributed by atoms with Gasteiger partial charge in [0.25, 0.3) is 0 Å². The smallest absolute Gasteiger partial charge is 0.152 e. The number of ether oxygens (including phenoxy) is 1. The van der Waals surface area contributed by atoms with Crippen molar-refractivity contribution >= 4 is 9.84 Å². The SMILES string of the molecule is COc1ccc(C)cc1CC1(N)CCS(=O)(=O)C1. The van der Waals surface area contributed by atoms with Crippen molar-refractivity contribution in [3.05, 3.63) is 29.3 Å². The van der Waals surface area contributed by atoms with E-state index >= 15 is 0 Å². The van der Waals surface area contributed by atoms with Gasteiger partial charge in [0, 0.05) is 5.54 Å². The molecule has 1 aromatic carbocycles. The van der Waals surface area contributed by atoms with E-state index in [0.717, 1.165) is 16.9 Å². The van der Waals surface area contributed by atoms with Gasteiger partial charge in [-0.05, 0) is 31.4 Å². The Morgan fingerprint density at radius 2 is 2.17 bits per heavy atom. The van der Waals surface area contributed by atoms with Crippen molar-refractivity contribution in [2.45, 2.75) is 25.3 Å². The fourth-order valence-corrected chi connectivity index (χ4v) is 4.49. The van der Waals surface area contributed by atoms with Gasteiger partial charge in [0.2, 0.25) is 0 Å². The third kappa shape index (κ3) is 2.84. The Kier molecular flexibility index (Phi) is 3.38. The van der Waals surface area contributed by atoms with E-state index in [0.29, 0.717) is 12.8 Å². The normalized spacial score (nSPS) is 26.2. The van der Waals surface area contributed by atoms with Crippen molar-refractivity contribution in [2.24, 2.45) is 5.73 Å². The lowest BCUT2D eigenvalue weighted by Crippen LogP contribution is -2.43. The van der Waals surface area contributed by atoms with Crippen molar-refractivity contribution in [1.29, 1.82) is 0 Å². The molecule has 18 heavy (non-hydrogen) atoms. The standard InChI is InChI=1S/C13H19NO3S/c1-10-3-4-12(17-2)11(7-10)8-13(14)5-6-18(15,16)9-13/h3-4,7H,5-6,8-9,14H2,1-2H3. The molecule has 1 fully saturated rings. The van der Waals surface area contributed by atoms with Crippen molar-refractivity contribution in [3.8, 4) is 5.75 Å². The zero-order chi connectivity index (χ0) is 13.4. The number of nitrogens with two attached hydrogens (primary N) is 1. The van der Waals surface area contributed by atoms with E-state index < -0.39 is 15.4 Å². The summed E-state index contributed by atoms with van der Waals surface area (Å²) in [5.74, 6) is 1.03. The molecular weight excluding hydrogens is 250 g/mol. The van der Waals surface area contributed by atoms with Gasteiger partial charge < -0.3 is 10.5 Å². The van der Waals surface area contributed by atoms with E-state index in [4.69, 9.17) is 10.5 Å². The van der Waals surface area contributed by atoms with Crippen molar-refractivity contribution < 1.29 is 13.2 Å². The Morgan fingerprint density at radius 3 is 2.72 bits per heavy atom. The predicted molar refractivity (Wildman–Crippen MR) is 71.6 cm³/mol. The minimum absolute atomic E-state index is 0.0666. The van der Waals surface area contributed by atoms with Crippen LogP contribution in [0.3, 0.4) is 0 Å². The highest BCUT2D eigenvalue weighted by molar-refractivity contribution is 7.91. The zero-order valence-electron chi connectivity index (χ0n) is 10.8. The molecule has 1 aromatic rings. The van der Waals surface area contributed by atoms with Gasteiger partial charge in [0.1, 0.15) is 5.75 Å². The van der Waals surface area contributed by atoms with Crippen LogP contribution in [0.25, 0.3) is 0 Å². The number of benzene rings is 1. The van der Waals surface area contributed by atoms with Gasteiger partial charge in [-0.2, -0.15) is 0 Å². The fourth-order valence-electron chi connectivity index (χ4n) is 2.51. The van der Waals surface area contributed by atoms with E-state index in [9.17, 15) is 8.42 Å². The Morgan fingerprint density at radius 1 is 1.44 bits per heavy atom. The number of hydrogen-bond acceptors (Lipinski definition) is 4. The van der Waals surface area contributed by atoms with Crippen LogP contribution in [0.2, 0.25) is 0 Å². The molecule has 4 nitrogen and oxygen atoms in total. The fraction of sp³-hybridized carbons (Fsp3) is 0.538. The zero-order valence-corrected chi connectivity index (χ0v) is 11.6. The third-order valence-corrected chi connectivity index (χ3v) is 5.24. The maximum Gasteiger partial charge on any atom is 0.152 e. The summed E-state index contributed by atoms with van der Waals surface area (Å²) in [6.45, 7) is 2.00. The molecule has 0 aliphatic carbocycles. The van der Waals surface area contributed by atoms with Crippen LogP contribution in [0.5, 0.6) is 5.75 Å². The Balaban J connectivity index is 2.27. The third-order valence-electron chi connectivity index (χ3n) is 3.40. The summed E-state index contributed by atoms with van der Waals surface area (Å²) >= 11 is 0. The largest absolute Gasteiger partial charge is 0.496 e. The number of aryl methyl sites for hydroxylation is 1. The van der Waals surface area contributed by atoms with Gasteiger partial charge in [0.05, 0.1) is 18.6 Å². The van der Waals surface area contributed by atoms with E-state index in [1.807, 2.05) is 25.1 Å². The van der Waals surface area contributed by atoms with Gasteiger partial charge in [-0.1, -0.05) is 17.7 Å². The van der Waals surface area contributed by atoms with E-state index in [2.05, 4.69) is 0 Å². The number of hydrogen-bond donors (Lipinski definition) is 1.